The second kappa shape index (κ2) is 6.53. The highest BCUT2D eigenvalue weighted by molar-refractivity contribution is 5.78. The van der Waals surface area contributed by atoms with Crippen molar-refractivity contribution in [3.8, 4) is 0 Å². The molecule has 6 heteroatoms. The zero-order valence-corrected chi connectivity index (χ0v) is 11.9. The third kappa shape index (κ3) is 4.02. The Labute approximate surface area is 126 Å². The second-order valence-corrected chi connectivity index (χ2v) is 5.11. The molecule has 0 aliphatic heterocycles. The normalized spacial score (nSPS) is 13.3. The minimum Gasteiger partial charge on any atom is -0.385 e. The summed E-state index contributed by atoms with van der Waals surface area (Å²) in [5, 5.41) is 10.3. The lowest BCUT2D eigenvalue weighted by molar-refractivity contribution is -0.125. The first kappa shape index (κ1) is 15.9. The molecule has 0 fully saturated rings. The molecule has 0 saturated heterocycles. The fraction of sp³-hybridized carbons (Fsp3) is 0.188. The summed E-state index contributed by atoms with van der Waals surface area (Å²) < 4.78 is 26.2. The van der Waals surface area contributed by atoms with Gasteiger partial charge in [-0.2, -0.15) is 0 Å². The molecule has 1 unspecified atom stereocenters. The Morgan fingerprint density at radius 1 is 1.18 bits per heavy atom. The van der Waals surface area contributed by atoms with Gasteiger partial charge in [0.25, 0.3) is 0 Å². The van der Waals surface area contributed by atoms with Crippen LogP contribution in [0.4, 0.5) is 14.5 Å². The number of halogens is 2. The van der Waals surface area contributed by atoms with Crippen LogP contribution in [0.2, 0.25) is 0 Å². The maximum absolute atomic E-state index is 13.4. The smallest absolute Gasteiger partial charge is 0.241 e. The van der Waals surface area contributed by atoms with Crippen LogP contribution in [0.3, 0.4) is 0 Å². The van der Waals surface area contributed by atoms with E-state index < -0.39 is 23.1 Å². The fourth-order valence-electron chi connectivity index (χ4n) is 1.98. The monoisotopic (exact) mass is 306 g/mol. The average molecular weight is 306 g/mol. The maximum atomic E-state index is 13.4. The largest absolute Gasteiger partial charge is 0.385 e. The highest BCUT2D eigenvalue weighted by Gasteiger charge is 2.26. The zero-order chi connectivity index (χ0) is 16.2. The van der Waals surface area contributed by atoms with Gasteiger partial charge in [0.2, 0.25) is 5.91 Å². The quantitative estimate of drug-likeness (QED) is 0.744. The molecule has 2 aromatic carbocycles. The molecule has 0 aliphatic rings. The molecule has 4 nitrogen and oxygen atoms in total. The molecule has 0 radical (unpaired) electrons. The van der Waals surface area contributed by atoms with E-state index in [2.05, 4.69) is 10.9 Å². The first-order chi connectivity index (χ1) is 10.4. The molecule has 0 aliphatic carbocycles. The van der Waals surface area contributed by atoms with Gasteiger partial charge in [0, 0.05) is 6.07 Å². The Morgan fingerprint density at radius 2 is 1.86 bits per heavy atom. The zero-order valence-electron chi connectivity index (χ0n) is 11.9. The molecular weight excluding hydrogens is 290 g/mol. The lowest BCUT2D eigenvalue weighted by Crippen LogP contribution is -2.36. The van der Waals surface area contributed by atoms with E-state index >= 15 is 0 Å². The summed E-state index contributed by atoms with van der Waals surface area (Å²) in [7, 11) is 0. The van der Waals surface area contributed by atoms with Crippen LogP contribution in [-0.2, 0) is 10.4 Å². The number of nitrogens with one attached hydrogen (secondary N) is 2. The van der Waals surface area contributed by atoms with Crippen LogP contribution in [-0.4, -0.2) is 11.0 Å². The van der Waals surface area contributed by atoms with Gasteiger partial charge in [-0.1, -0.05) is 30.3 Å². The van der Waals surface area contributed by atoms with E-state index in [0.717, 1.165) is 6.07 Å². The van der Waals surface area contributed by atoms with Crippen molar-refractivity contribution in [2.75, 3.05) is 5.43 Å². The summed E-state index contributed by atoms with van der Waals surface area (Å²) >= 11 is 0. The summed E-state index contributed by atoms with van der Waals surface area (Å²) in [5.74, 6) is -2.06. The van der Waals surface area contributed by atoms with Crippen LogP contribution in [0, 0.1) is 11.6 Å². The van der Waals surface area contributed by atoms with E-state index in [1.165, 1.54) is 13.0 Å². The van der Waals surface area contributed by atoms with Crippen molar-refractivity contribution >= 4 is 11.6 Å². The number of anilines is 1. The third-order valence-electron chi connectivity index (χ3n) is 3.17. The molecule has 1 amide bonds. The Morgan fingerprint density at radius 3 is 2.50 bits per heavy atom. The molecule has 3 N–H and O–H groups in total. The summed E-state index contributed by atoms with van der Waals surface area (Å²) in [6, 6.07) is 11.7. The summed E-state index contributed by atoms with van der Waals surface area (Å²) in [6.07, 6.45) is -0.215. The standard InChI is InChI=1S/C16H16F2N2O2/c1-16(22,11-5-3-2-4-6-11)10-15(21)20-19-14-8-7-12(17)9-13(14)18/h2-9,19,22H,10H2,1H3,(H,20,21). The van der Waals surface area contributed by atoms with Gasteiger partial charge >= 0.3 is 0 Å². The Hall–Kier alpha value is -2.47. The molecule has 0 spiro atoms. The van der Waals surface area contributed by atoms with Crippen molar-refractivity contribution in [3.63, 3.8) is 0 Å². The van der Waals surface area contributed by atoms with E-state index in [-0.39, 0.29) is 12.1 Å². The van der Waals surface area contributed by atoms with Gasteiger partial charge in [0.15, 0.2) is 5.82 Å². The van der Waals surface area contributed by atoms with Crippen molar-refractivity contribution in [1.29, 1.82) is 0 Å². The van der Waals surface area contributed by atoms with Crippen molar-refractivity contribution < 1.29 is 18.7 Å². The minimum atomic E-state index is -1.35. The summed E-state index contributed by atoms with van der Waals surface area (Å²) in [5.41, 5.74) is 3.82. The highest BCUT2D eigenvalue weighted by atomic mass is 19.1. The number of hydrazine groups is 1. The number of aliphatic hydroxyl groups is 1. The number of carbonyl (C=O) groups is 1. The van der Waals surface area contributed by atoms with Crippen LogP contribution in [0.1, 0.15) is 18.9 Å². The molecule has 0 saturated carbocycles. The molecule has 0 heterocycles. The SMILES string of the molecule is CC(O)(CC(=O)NNc1ccc(F)cc1F)c1ccccc1. The predicted molar refractivity (Wildman–Crippen MR) is 78.8 cm³/mol. The van der Waals surface area contributed by atoms with Crippen LogP contribution < -0.4 is 10.9 Å². The fourth-order valence-corrected chi connectivity index (χ4v) is 1.98. The van der Waals surface area contributed by atoms with Gasteiger partial charge in [0.1, 0.15) is 5.82 Å². The number of hydrogen-bond donors (Lipinski definition) is 3. The Balaban J connectivity index is 1.95. The number of rotatable bonds is 5. The van der Waals surface area contributed by atoms with Crippen LogP contribution in [0.25, 0.3) is 0 Å². The van der Waals surface area contributed by atoms with Gasteiger partial charge in [-0.05, 0) is 24.6 Å². The average Bonchev–Trinajstić information content (AvgIpc) is 2.47. The first-order valence-electron chi connectivity index (χ1n) is 6.66. The molecule has 116 valence electrons. The molecule has 22 heavy (non-hydrogen) atoms. The van der Waals surface area contributed by atoms with Gasteiger partial charge in [-0.3, -0.25) is 15.6 Å². The highest BCUT2D eigenvalue weighted by Crippen LogP contribution is 2.24. The van der Waals surface area contributed by atoms with Crippen LogP contribution in [0.15, 0.2) is 48.5 Å². The lowest BCUT2D eigenvalue weighted by atomic mass is 9.92. The Bertz CT molecular complexity index is 660. The molecule has 1 atom stereocenters. The van der Waals surface area contributed by atoms with E-state index in [9.17, 15) is 18.7 Å². The van der Waals surface area contributed by atoms with E-state index in [1.807, 2.05) is 0 Å². The molecule has 0 bridgehead atoms. The van der Waals surface area contributed by atoms with Crippen molar-refractivity contribution in [3.05, 3.63) is 65.7 Å². The van der Waals surface area contributed by atoms with E-state index in [0.29, 0.717) is 11.6 Å². The third-order valence-corrected chi connectivity index (χ3v) is 3.17. The predicted octanol–water partition coefficient (Wildman–Crippen LogP) is 2.71. The Kier molecular flexibility index (Phi) is 4.72. The summed E-state index contributed by atoms with van der Waals surface area (Å²) in [6.45, 7) is 1.51. The van der Waals surface area contributed by atoms with E-state index in [4.69, 9.17) is 0 Å². The van der Waals surface area contributed by atoms with Crippen molar-refractivity contribution in [2.45, 2.75) is 18.9 Å². The molecule has 2 aromatic rings. The maximum Gasteiger partial charge on any atom is 0.241 e. The van der Waals surface area contributed by atoms with Gasteiger partial charge in [0.05, 0.1) is 17.7 Å². The first-order valence-corrected chi connectivity index (χ1v) is 6.66. The minimum absolute atomic E-state index is 0.0610. The summed E-state index contributed by atoms with van der Waals surface area (Å²) in [4.78, 5) is 11.9. The number of carbonyl (C=O) groups excluding carboxylic acids is 1. The molecular formula is C16H16F2N2O2. The van der Waals surface area contributed by atoms with Crippen LogP contribution in [0.5, 0.6) is 0 Å². The molecule has 0 aromatic heterocycles. The van der Waals surface area contributed by atoms with Crippen molar-refractivity contribution in [1.82, 2.24) is 5.43 Å². The van der Waals surface area contributed by atoms with Gasteiger partial charge < -0.3 is 5.11 Å². The number of hydrogen-bond acceptors (Lipinski definition) is 3. The van der Waals surface area contributed by atoms with Crippen LogP contribution >= 0.6 is 0 Å². The number of benzene rings is 2. The lowest BCUT2D eigenvalue weighted by Gasteiger charge is -2.23. The topological polar surface area (TPSA) is 61.4 Å². The van der Waals surface area contributed by atoms with Crippen molar-refractivity contribution in [2.24, 2.45) is 0 Å². The second-order valence-electron chi connectivity index (χ2n) is 5.11. The molecule has 2 rings (SSSR count). The van der Waals surface area contributed by atoms with Gasteiger partial charge in [-0.25, -0.2) is 8.78 Å². The van der Waals surface area contributed by atoms with Gasteiger partial charge in [-0.15, -0.1) is 0 Å². The van der Waals surface area contributed by atoms with E-state index in [1.54, 1.807) is 30.3 Å². The number of amides is 1.